The summed E-state index contributed by atoms with van der Waals surface area (Å²) in [5, 5.41) is 8.94. The van der Waals surface area contributed by atoms with Crippen molar-refractivity contribution >= 4 is 5.97 Å². The van der Waals surface area contributed by atoms with Crippen LogP contribution in [0.4, 0.5) is 0 Å². The van der Waals surface area contributed by atoms with Gasteiger partial charge >= 0.3 is 5.97 Å². The van der Waals surface area contributed by atoms with E-state index in [0.717, 1.165) is 5.57 Å². The standard InChI is InChI=1S/C7H12O3/c1-5(2)4-6(8)7(9)10-3/h4,6,8H,1-3H3/t6-/m1/s1. The Morgan fingerprint density at radius 3 is 2.40 bits per heavy atom. The molecular formula is C7H12O3. The van der Waals surface area contributed by atoms with Gasteiger partial charge in [0.05, 0.1) is 7.11 Å². The van der Waals surface area contributed by atoms with Crippen molar-refractivity contribution in [2.75, 3.05) is 7.11 Å². The maximum atomic E-state index is 10.5. The first-order chi connectivity index (χ1) is 4.57. The van der Waals surface area contributed by atoms with Gasteiger partial charge in [-0.2, -0.15) is 0 Å². The van der Waals surface area contributed by atoms with Crippen LogP contribution in [0.5, 0.6) is 0 Å². The Kier molecular flexibility index (Phi) is 3.72. The highest BCUT2D eigenvalue weighted by atomic mass is 16.5. The quantitative estimate of drug-likeness (QED) is 0.453. The number of aliphatic hydroxyl groups is 1. The van der Waals surface area contributed by atoms with Crippen LogP contribution in [-0.2, 0) is 9.53 Å². The zero-order chi connectivity index (χ0) is 8.15. The van der Waals surface area contributed by atoms with Gasteiger partial charge in [-0.05, 0) is 19.9 Å². The van der Waals surface area contributed by atoms with E-state index >= 15 is 0 Å². The number of carbonyl (C=O) groups excluding carboxylic acids is 1. The van der Waals surface area contributed by atoms with Gasteiger partial charge in [0.15, 0.2) is 6.10 Å². The molecule has 0 heterocycles. The van der Waals surface area contributed by atoms with Gasteiger partial charge in [-0.25, -0.2) is 4.79 Å². The fourth-order valence-electron chi connectivity index (χ4n) is 0.505. The van der Waals surface area contributed by atoms with E-state index in [1.54, 1.807) is 13.8 Å². The van der Waals surface area contributed by atoms with E-state index in [4.69, 9.17) is 5.11 Å². The average Bonchev–Trinajstić information content (AvgIpc) is 1.85. The molecule has 0 aliphatic heterocycles. The van der Waals surface area contributed by atoms with E-state index in [0.29, 0.717) is 0 Å². The first-order valence-electron chi connectivity index (χ1n) is 2.99. The molecule has 10 heavy (non-hydrogen) atoms. The molecule has 3 heteroatoms. The maximum Gasteiger partial charge on any atom is 0.338 e. The van der Waals surface area contributed by atoms with Gasteiger partial charge in [0.2, 0.25) is 0 Å². The summed E-state index contributed by atoms with van der Waals surface area (Å²) in [4.78, 5) is 10.5. The third-order valence-electron chi connectivity index (χ3n) is 0.934. The van der Waals surface area contributed by atoms with Crippen LogP contribution in [0.2, 0.25) is 0 Å². The lowest BCUT2D eigenvalue weighted by molar-refractivity contribution is -0.147. The van der Waals surface area contributed by atoms with Crippen molar-refractivity contribution in [2.45, 2.75) is 20.0 Å². The van der Waals surface area contributed by atoms with Crippen LogP contribution >= 0.6 is 0 Å². The van der Waals surface area contributed by atoms with Crippen LogP contribution in [0.15, 0.2) is 11.6 Å². The molecule has 0 aromatic rings. The average molecular weight is 144 g/mol. The van der Waals surface area contributed by atoms with Gasteiger partial charge in [0.25, 0.3) is 0 Å². The molecule has 0 saturated carbocycles. The molecule has 0 saturated heterocycles. The van der Waals surface area contributed by atoms with Gasteiger partial charge in [0.1, 0.15) is 0 Å². The van der Waals surface area contributed by atoms with Crippen LogP contribution in [0.1, 0.15) is 13.8 Å². The van der Waals surface area contributed by atoms with Crippen molar-refractivity contribution in [3.8, 4) is 0 Å². The summed E-state index contributed by atoms with van der Waals surface area (Å²) in [5.74, 6) is -0.624. The Labute approximate surface area is 60.3 Å². The highest BCUT2D eigenvalue weighted by Crippen LogP contribution is 1.95. The predicted octanol–water partition coefficient (Wildman–Crippen LogP) is 0.486. The molecule has 0 aromatic heterocycles. The van der Waals surface area contributed by atoms with Gasteiger partial charge < -0.3 is 9.84 Å². The van der Waals surface area contributed by atoms with E-state index in [1.165, 1.54) is 13.2 Å². The second-order valence-electron chi connectivity index (χ2n) is 2.21. The highest BCUT2D eigenvalue weighted by molar-refractivity contribution is 5.76. The van der Waals surface area contributed by atoms with Crippen LogP contribution in [0, 0.1) is 0 Å². The molecule has 0 aliphatic rings. The lowest BCUT2D eigenvalue weighted by atomic mass is 10.2. The van der Waals surface area contributed by atoms with Crippen molar-refractivity contribution in [1.82, 2.24) is 0 Å². The Morgan fingerprint density at radius 1 is 1.60 bits per heavy atom. The lowest BCUT2D eigenvalue weighted by Crippen LogP contribution is -2.19. The second kappa shape index (κ2) is 4.06. The number of ether oxygens (including phenoxy) is 1. The number of allylic oxidation sites excluding steroid dienone is 1. The number of rotatable bonds is 2. The predicted molar refractivity (Wildman–Crippen MR) is 37.5 cm³/mol. The van der Waals surface area contributed by atoms with Crippen molar-refractivity contribution < 1.29 is 14.6 Å². The Morgan fingerprint density at radius 2 is 2.10 bits per heavy atom. The highest BCUT2D eigenvalue weighted by Gasteiger charge is 2.10. The number of hydrogen-bond acceptors (Lipinski definition) is 3. The summed E-state index contributed by atoms with van der Waals surface area (Å²) in [6, 6.07) is 0. The fourth-order valence-corrected chi connectivity index (χ4v) is 0.505. The molecule has 1 N–H and O–H groups in total. The summed E-state index contributed by atoms with van der Waals surface area (Å²) < 4.78 is 4.28. The molecule has 0 bridgehead atoms. The van der Waals surface area contributed by atoms with Crippen LogP contribution in [0.25, 0.3) is 0 Å². The third kappa shape index (κ3) is 3.25. The van der Waals surface area contributed by atoms with Crippen molar-refractivity contribution in [3.05, 3.63) is 11.6 Å². The molecule has 1 atom stereocenters. The van der Waals surface area contributed by atoms with Crippen LogP contribution in [0.3, 0.4) is 0 Å². The molecule has 3 nitrogen and oxygen atoms in total. The molecule has 0 amide bonds. The van der Waals surface area contributed by atoms with E-state index in [9.17, 15) is 4.79 Å². The third-order valence-corrected chi connectivity index (χ3v) is 0.934. The van der Waals surface area contributed by atoms with Gasteiger partial charge in [-0.1, -0.05) is 5.57 Å². The molecule has 58 valence electrons. The van der Waals surface area contributed by atoms with E-state index in [2.05, 4.69) is 4.74 Å². The van der Waals surface area contributed by atoms with Crippen molar-refractivity contribution in [2.24, 2.45) is 0 Å². The maximum absolute atomic E-state index is 10.5. The van der Waals surface area contributed by atoms with Crippen molar-refractivity contribution in [1.29, 1.82) is 0 Å². The summed E-state index contributed by atoms with van der Waals surface area (Å²) in [7, 11) is 1.24. The van der Waals surface area contributed by atoms with Crippen molar-refractivity contribution in [3.63, 3.8) is 0 Å². The Balaban J connectivity index is 3.96. The van der Waals surface area contributed by atoms with E-state index in [-0.39, 0.29) is 0 Å². The zero-order valence-corrected chi connectivity index (χ0v) is 6.42. The van der Waals surface area contributed by atoms with E-state index < -0.39 is 12.1 Å². The normalized spacial score (nSPS) is 12.0. The van der Waals surface area contributed by atoms with Gasteiger partial charge in [-0.15, -0.1) is 0 Å². The fraction of sp³-hybridized carbons (Fsp3) is 0.571. The first kappa shape index (κ1) is 9.17. The minimum atomic E-state index is -1.12. The molecular weight excluding hydrogens is 132 g/mol. The summed E-state index contributed by atoms with van der Waals surface area (Å²) in [6.45, 7) is 3.60. The van der Waals surface area contributed by atoms with Crippen LogP contribution < -0.4 is 0 Å². The largest absolute Gasteiger partial charge is 0.467 e. The molecule has 0 spiro atoms. The minimum Gasteiger partial charge on any atom is -0.467 e. The van der Waals surface area contributed by atoms with Gasteiger partial charge in [-0.3, -0.25) is 0 Å². The SMILES string of the molecule is COC(=O)[C@H](O)C=C(C)C. The summed E-state index contributed by atoms with van der Waals surface area (Å²) >= 11 is 0. The number of esters is 1. The van der Waals surface area contributed by atoms with Crippen LogP contribution in [-0.4, -0.2) is 24.3 Å². The smallest absolute Gasteiger partial charge is 0.338 e. The summed E-state index contributed by atoms with van der Waals surface area (Å²) in [5.41, 5.74) is 0.887. The second-order valence-corrected chi connectivity index (χ2v) is 2.21. The number of hydrogen-bond donors (Lipinski definition) is 1. The molecule has 0 aliphatic carbocycles. The molecule has 0 aromatic carbocycles. The van der Waals surface area contributed by atoms with E-state index in [1.807, 2.05) is 0 Å². The topological polar surface area (TPSA) is 46.5 Å². The minimum absolute atomic E-state index is 0.624. The molecule has 0 fully saturated rings. The molecule has 0 unspecified atom stereocenters. The Bertz CT molecular complexity index is 145. The number of aliphatic hydroxyl groups excluding tert-OH is 1. The summed E-state index contributed by atoms with van der Waals surface area (Å²) in [6.07, 6.45) is 0.321. The Hall–Kier alpha value is -0.830. The number of methoxy groups -OCH3 is 1. The molecule has 0 rings (SSSR count). The number of carbonyl (C=O) groups is 1. The van der Waals surface area contributed by atoms with Gasteiger partial charge in [0, 0.05) is 0 Å². The first-order valence-corrected chi connectivity index (χ1v) is 2.99. The zero-order valence-electron chi connectivity index (χ0n) is 6.42. The molecule has 0 radical (unpaired) electrons. The lowest BCUT2D eigenvalue weighted by Gasteiger charge is -2.02. The monoisotopic (exact) mass is 144 g/mol.